The lowest BCUT2D eigenvalue weighted by atomic mass is 10.2. The van der Waals surface area contributed by atoms with Gasteiger partial charge in [-0.15, -0.1) is 0 Å². The van der Waals surface area contributed by atoms with Crippen molar-refractivity contribution in [2.75, 3.05) is 17.7 Å². The Kier molecular flexibility index (Phi) is 5.14. The van der Waals surface area contributed by atoms with Crippen molar-refractivity contribution in [3.05, 3.63) is 60.2 Å². The Morgan fingerprint density at radius 2 is 1.64 bits per heavy atom. The van der Waals surface area contributed by atoms with E-state index in [9.17, 15) is 9.59 Å². The standard InChI is InChI=1S/C17H18N2O3/c1-12(16(20)19-13-8-4-3-5-9-13)22-17(21)14-10-6-7-11-15(14)18-2/h3-12,18H,1-2H3,(H,19,20)/t12-/m1/s1. The number of carbonyl (C=O) groups excluding carboxylic acids is 2. The molecule has 0 heterocycles. The number of anilines is 2. The molecule has 1 amide bonds. The van der Waals surface area contributed by atoms with E-state index in [-0.39, 0.29) is 5.91 Å². The van der Waals surface area contributed by atoms with Gasteiger partial charge in [0.2, 0.25) is 0 Å². The predicted molar refractivity (Wildman–Crippen MR) is 85.9 cm³/mol. The molecule has 5 nitrogen and oxygen atoms in total. The van der Waals surface area contributed by atoms with E-state index in [0.29, 0.717) is 16.9 Å². The van der Waals surface area contributed by atoms with Crippen LogP contribution in [0.25, 0.3) is 0 Å². The van der Waals surface area contributed by atoms with Crippen molar-refractivity contribution in [2.45, 2.75) is 13.0 Å². The molecule has 0 aliphatic carbocycles. The van der Waals surface area contributed by atoms with Crippen LogP contribution in [0, 0.1) is 0 Å². The van der Waals surface area contributed by atoms with Crippen molar-refractivity contribution >= 4 is 23.3 Å². The predicted octanol–water partition coefficient (Wildman–Crippen LogP) is 2.91. The van der Waals surface area contributed by atoms with Crippen molar-refractivity contribution < 1.29 is 14.3 Å². The van der Waals surface area contributed by atoms with Gasteiger partial charge in [-0.25, -0.2) is 4.79 Å². The Balaban J connectivity index is 2.00. The highest BCUT2D eigenvalue weighted by Crippen LogP contribution is 2.16. The number of amides is 1. The molecular formula is C17H18N2O3. The fraction of sp³-hybridized carbons (Fsp3) is 0.176. The summed E-state index contributed by atoms with van der Waals surface area (Å²) < 4.78 is 5.22. The van der Waals surface area contributed by atoms with Crippen LogP contribution in [0.1, 0.15) is 17.3 Å². The third-order valence-electron chi connectivity index (χ3n) is 3.11. The molecule has 0 unspecified atom stereocenters. The molecule has 0 fully saturated rings. The van der Waals surface area contributed by atoms with E-state index in [1.54, 1.807) is 37.4 Å². The summed E-state index contributed by atoms with van der Waals surface area (Å²) in [6, 6.07) is 16.0. The van der Waals surface area contributed by atoms with E-state index in [1.807, 2.05) is 24.3 Å². The highest BCUT2D eigenvalue weighted by atomic mass is 16.5. The maximum atomic E-state index is 12.1. The van der Waals surface area contributed by atoms with Crippen molar-refractivity contribution in [3.63, 3.8) is 0 Å². The number of hydrogen-bond donors (Lipinski definition) is 2. The van der Waals surface area contributed by atoms with Crippen LogP contribution in [0.5, 0.6) is 0 Å². The second-order valence-corrected chi connectivity index (χ2v) is 4.70. The number of ether oxygens (including phenoxy) is 1. The first kappa shape index (κ1) is 15.6. The van der Waals surface area contributed by atoms with Gasteiger partial charge in [0.25, 0.3) is 5.91 Å². The molecule has 0 aromatic heterocycles. The number of esters is 1. The number of nitrogens with one attached hydrogen (secondary N) is 2. The molecule has 5 heteroatoms. The highest BCUT2D eigenvalue weighted by molar-refractivity contribution is 5.99. The van der Waals surface area contributed by atoms with Crippen molar-refractivity contribution in [1.82, 2.24) is 0 Å². The minimum Gasteiger partial charge on any atom is -0.449 e. The van der Waals surface area contributed by atoms with E-state index in [4.69, 9.17) is 4.74 Å². The second kappa shape index (κ2) is 7.26. The summed E-state index contributed by atoms with van der Waals surface area (Å²) in [7, 11) is 1.72. The number of hydrogen-bond acceptors (Lipinski definition) is 4. The van der Waals surface area contributed by atoms with Crippen molar-refractivity contribution in [3.8, 4) is 0 Å². The SMILES string of the molecule is CNc1ccccc1C(=O)O[C@H](C)C(=O)Nc1ccccc1. The van der Waals surface area contributed by atoms with Gasteiger partial charge in [0.05, 0.1) is 5.56 Å². The zero-order valence-electron chi connectivity index (χ0n) is 12.5. The molecule has 0 bridgehead atoms. The average Bonchev–Trinajstić information content (AvgIpc) is 2.55. The summed E-state index contributed by atoms with van der Waals surface area (Å²) in [6.07, 6.45) is -0.891. The van der Waals surface area contributed by atoms with E-state index < -0.39 is 12.1 Å². The van der Waals surface area contributed by atoms with Crippen LogP contribution in [0.3, 0.4) is 0 Å². The van der Waals surface area contributed by atoms with E-state index >= 15 is 0 Å². The van der Waals surface area contributed by atoms with Gasteiger partial charge in [0.1, 0.15) is 0 Å². The first-order valence-electron chi connectivity index (χ1n) is 6.95. The Morgan fingerprint density at radius 1 is 1.00 bits per heavy atom. The Bertz CT molecular complexity index is 656. The van der Waals surface area contributed by atoms with Gasteiger partial charge < -0.3 is 15.4 Å². The first-order chi connectivity index (χ1) is 10.6. The van der Waals surface area contributed by atoms with Gasteiger partial charge in [-0.2, -0.15) is 0 Å². The summed E-state index contributed by atoms with van der Waals surface area (Å²) in [5, 5.41) is 5.61. The summed E-state index contributed by atoms with van der Waals surface area (Å²) in [5.74, 6) is -0.915. The minimum absolute atomic E-state index is 0.374. The molecule has 2 aromatic carbocycles. The van der Waals surface area contributed by atoms with E-state index in [2.05, 4.69) is 10.6 Å². The lowest BCUT2D eigenvalue weighted by molar-refractivity contribution is -0.123. The smallest absolute Gasteiger partial charge is 0.341 e. The van der Waals surface area contributed by atoms with Crippen molar-refractivity contribution in [2.24, 2.45) is 0 Å². The second-order valence-electron chi connectivity index (χ2n) is 4.70. The van der Waals surface area contributed by atoms with E-state index in [0.717, 1.165) is 0 Å². The molecule has 0 aliphatic rings. The zero-order chi connectivity index (χ0) is 15.9. The van der Waals surface area contributed by atoms with Crippen LogP contribution in [0.15, 0.2) is 54.6 Å². The van der Waals surface area contributed by atoms with Crippen LogP contribution in [-0.2, 0) is 9.53 Å². The van der Waals surface area contributed by atoms with Gasteiger partial charge in [-0.3, -0.25) is 4.79 Å². The van der Waals surface area contributed by atoms with Gasteiger partial charge in [0.15, 0.2) is 6.10 Å². The molecule has 0 radical (unpaired) electrons. The molecule has 22 heavy (non-hydrogen) atoms. The zero-order valence-corrected chi connectivity index (χ0v) is 12.5. The Morgan fingerprint density at radius 3 is 2.32 bits per heavy atom. The molecule has 0 aliphatic heterocycles. The van der Waals surface area contributed by atoms with Gasteiger partial charge >= 0.3 is 5.97 Å². The molecular weight excluding hydrogens is 280 g/mol. The van der Waals surface area contributed by atoms with Gasteiger partial charge in [-0.05, 0) is 31.2 Å². The van der Waals surface area contributed by atoms with Crippen LogP contribution in [-0.4, -0.2) is 25.0 Å². The summed E-state index contributed by atoms with van der Waals surface area (Å²) in [6.45, 7) is 1.54. The number of rotatable bonds is 5. The molecule has 2 N–H and O–H groups in total. The Hall–Kier alpha value is -2.82. The normalized spacial score (nSPS) is 11.4. The molecule has 2 aromatic rings. The third kappa shape index (κ3) is 3.85. The van der Waals surface area contributed by atoms with Crippen LogP contribution >= 0.6 is 0 Å². The first-order valence-corrected chi connectivity index (χ1v) is 6.95. The highest BCUT2D eigenvalue weighted by Gasteiger charge is 2.20. The molecule has 0 saturated carbocycles. The topological polar surface area (TPSA) is 67.4 Å². The Labute approximate surface area is 129 Å². The van der Waals surface area contributed by atoms with Crippen LogP contribution in [0.2, 0.25) is 0 Å². The summed E-state index contributed by atoms with van der Waals surface area (Å²) in [5.41, 5.74) is 1.71. The van der Waals surface area contributed by atoms with Gasteiger partial charge in [-0.1, -0.05) is 30.3 Å². The van der Waals surface area contributed by atoms with E-state index in [1.165, 1.54) is 6.92 Å². The number of benzene rings is 2. The monoisotopic (exact) mass is 298 g/mol. The van der Waals surface area contributed by atoms with Crippen LogP contribution < -0.4 is 10.6 Å². The number of para-hydroxylation sites is 2. The summed E-state index contributed by atoms with van der Waals surface area (Å²) >= 11 is 0. The maximum Gasteiger partial charge on any atom is 0.341 e. The fourth-order valence-electron chi connectivity index (χ4n) is 1.92. The molecule has 0 saturated heterocycles. The fourth-order valence-corrected chi connectivity index (χ4v) is 1.92. The van der Waals surface area contributed by atoms with Crippen molar-refractivity contribution in [1.29, 1.82) is 0 Å². The quantitative estimate of drug-likeness (QED) is 0.833. The molecule has 0 spiro atoms. The molecule has 2 rings (SSSR count). The number of carbonyl (C=O) groups is 2. The minimum atomic E-state index is -0.891. The van der Waals surface area contributed by atoms with Gasteiger partial charge in [0, 0.05) is 18.4 Å². The maximum absolute atomic E-state index is 12.1. The van der Waals surface area contributed by atoms with Crippen LogP contribution in [0.4, 0.5) is 11.4 Å². The third-order valence-corrected chi connectivity index (χ3v) is 3.11. The largest absolute Gasteiger partial charge is 0.449 e. The lowest BCUT2D eigenvalue weighted by Crippen LogP contribution is -2.30. The molecule has 114 valence electrons. The lowest BCUT2D eigenvalue weighted by Gasteiger charge is -2.15. The average molecular weight is 298 g/mol. The summed E-state index contributed by atoms with van der Waals surface area (Å²) in [4.78, 5) is 24.2. The molecule has 1 atom stereocenters.